The van der Waals surface area contributed by atoms with Gasteiger partial charge < -0.3 is 10.1 Å². The third kappa shape index (κ3) is 5.13. The third-order valence-electron chi connectivity index (χ3n) is 2.80. The maximum atomic E-state index is 12.0. The molecule has 0 saturated carbocycles. The molecular formula is C16H12Cl3NO3. The number of carbonyl (C=O) groups is 2. The summed E-state index contributed by atoms with van der Waals surface area (Å²) >= 11 is 17.7. The molecule has 0 atom stereocenters. The summed E-state index contributed by atoms with van der Waals surface area (Å²) in [5.74, 6) is -0.592. The highest BCUT2D eigenvalue weighted by Crippen LogP contribution is 2.36. The van der Waals surface area contributed by atoms with Crippen LogP contribution in [0, 0.1) is 0 Å². The maximum Gasteiger partial charge on any atom is 0.315 e. The van der Waals surface area contributed by atoms with Crippen LogP contribution in [0.2, 0.25) is 15.1 Å². The molecular weight excluding hydrogens is 361 g/mol. The van der Waals surface area contributed by atoms with Crippen LogP contribution in [0.4, 0.5) is 5.69 Å². The first-order valence-electron chi connectivity index (χ1n) is 6.57. The molecule has 2 rings (SSSR count). The molecule has 0 saturated heterocycles. The molecule has 0 unspecified atom stereocenters. The number of hydrogen-bond acceptors (Lipinski definition) is 3. The lowest BCUT2D eigenvalue weighted by molar-refractivity contribution is -0.133. The number of benzene rings is 2. The fourth-order valence-corrected chi connectivity index (χ4v) is 2.75. The van der Waals surface area contributed by atoms with Crippen LogP contribution in [0.1, 0.15) is 12.5 Å². The van der Waals surface area contributed by atoms with Gasteiger partial charge in [-0.05, 0) is 29.8 Å². The van der Waals surface area contributed by atoms with Crippen molar-refractivity contribution in [2.75, 3.05) is 5.32 Å². The Morgan fingerprint density at radius 2 is 1.61 bits per heavy atom. The Morgan fingerprint density at radius 1 is 1.04 bits per heavy atom. The number of ether oxygens (including phenoxy) is 1. The Labute approximate surface area is 148 Å². The summed E-state index contributed by atoms with van der Waals surface area (Å²) in [6, 6.07) is 9.73. The van der Waals surface area contributed by atoms with Crippen LogP contribution >= 0.6 is 34.8 Å². The summed E-state index contributed by atoms with van der Waals surface area (Å²) in [6.45, 7) is 1.42. The fraction of sp³-hybridized carbons (Fsp3) is 0.125. The lowest BCUT2D eigenvalue weighted by Crippen LogP contribution is -2.12. The zero-order valence-corrected chi connectivity index (χ0v) is 14.3. The zero-order chi connectivity index (χ0) is 17.0. The highest BCUT2D eigenvalue weighted by molar-refractivity contribution is 6.40. The highest BCUT2D eigenvalue weighted by Gasteiger charge is 2.14. The van der Waals surface area contributed by atoms with Crippen LogP contribution in [0.15, 0.2) is 36.4 Å². The van der Waals surface area contributed by atoms with E-state index in [0.717, 1.165) is 5.56 Å². The van der Waals surface area contributed by atoms with Gasteiger partial charge in [0.1, 0.15) is 0 Å². The summed E-state index contributed by atoms with van der Waals surface area (Å²) in [5, 5.41) is 3.33. The van der Waals surface area contributed by atoms with E-state index in [2.05, 4.69) is 5.32 Å². The Morgan fingerprint density at radius 3 is 2.13 bits per heavy atom. The van der Waals surface area contributed by atoms with Gasteiger partial charge in [0, 0.05) is 17.6 Å². The molecule has 2 aromatic carbocycles. The van der Waals surface area contributed by atoms with Gasteiger partial charge >= 0.3 is 5.97 Å². The monoisotopic (exact) mass is 371 g/mol. The summed E-state index contributed by atoms with van der Waals surface area (Å²) < 4.78 is 5.20. The number of anilines is 1. The molecule has 0 heterocycles. The highest BCUT2D eigenvalue weighted by atomic mass is 35.5. The molecule has 0 spiro atoms. The van der Waals surface area contributed by atoms with Crippen molar-refractivity contribution < 1.29 is 14.3 Å². The Hall–Kier alpha value is -1.75. The molecule has 120 valence electrons. The maximum absolute atomic E-state index is 12.0. The second kappa shape index (κ2) is 7.68. The van der Waals surface area contributed by atoms with Crippen molar-refractivity contribution in [1.82, 2.24) is 0 Å². The van der Waals surface area contributed by atoms with Gasteiger partial charge in [-0.15, -0.1) is 0 Å². The predicted molar refractivity (Wildman–Crippen MR) is 91.6 cm³/mol. The second-order valence-electron chi connectivity index (χ2n) is 4.73. The smallest absolute Gasteiger partial charge is 0.315 e. The van der Waals surface area contributed by atoms with E-state index in [4.69, 9.17) is 39.5 Å². The van der Waals surface area contributed by atoms with Gasteiger partial charge in [-0.3, -0.25) is 9.59 Å². The quantitative estimate of drug-likeness (QED) is 0.622. The van der Waals surface area contributed by atoms with E-state index in [-0.39, 0.29) is 28.1 Å². The summed E-state index contributed by atoms with van der Waals surface area (Å²) in [5.41, 5.74) is 1.38. The zero-order valence-electron chi connectivity index (χ0n) is 12.0. The van der Waals surface area contributed by atoms with Crippen molar-refractivity contribution in [1.29, 1.82) is 0 Å². The molecule has 0 aliphatic rings. The van der Waals surface area contributed by atoms with Gasteiger partial charge in [-0.25, -0.2) is 0 Å². The lowest BCUT2D eigenvalue weighted by atomic mass is 10.1. The van der Waals surface area contributed by atoms with Crippen LogP contribution in [0.3, 0.4) is 0 Å². The summed E-state index contributed by atoms with van der Waals surface area (Å²) in [4.78, 5) is 22.9. The van der Waals surface area contributed by atoms with Crippen LogP contribution in [0.25, 0.3) is 0 Å². The van der Waals surface area contributed by atoms with Crippen molar-refractivity contribution in [2.24, 2.45) is 0 Å². The Kier molecular flexibility index (Phi) is 5.88. The van der Waals surface area contributed by atoms with Gasteiger partial charge in [0.05, 0.1) is 16.5 Å². The van der Waals surface area contributed by atoms with Crippen molar-refractivity contribution in [2.45, 2.75) is 13.3 Å². The fourth-order valence-electron chi connectivity index (χ4n) is 1.85. The van der Waals surface area contributed by atoms with E-state index in [0.29, 0.717) is 10.7 Å². The van der Waals surface area contributed by atoms with Gasteiger partial charge in [0.15, 0.2) is 5.75 Å². The number of hydrogen-bond donors (Lipinski definition) is 1. The number of rotatable bonds is 4. The summed E-state index contributed by atoms with van der Waals surface area (Å²) in [6.07, 6.45) is 0.0373. The van der Waals surface area contributed by atoms with Crippen molar-refractivity contribution in [3.63, 3.8) is 0 Å². The Balaban J connectivity index is 2.04. The van der Waals surface area contributed by atoms with Crippen molar-refractivity contribution in [3.8, 4) is 5.75 Å². The van der Waals surface area contributed by atoms with Crippen LogP contribution < -0.4 is 10.1 Å². The van der Waals surface area contributed by atoms with Gasteiger partial charge in [0.25, 0.3) is 0 Å². The molecule has 7 heteroatoms. The van der Waals surface area contributed by atoms with Crippen LogP contribution in [0.5, 0.6) is 5.75 Å². The molecule has 2 aromatic rings. The van der Waals surface area contributed by atoms with Crippen LogP contribution in [-0.2, 0) is 16.0 Å². The molecule has 0 aliphatic carbocycles. The predicted octanol–water partition coefficient (Wildman–Crippen LogP) is 4.75. The molecule has 0 bridgehead atoms. The molecule has 1 N–H and O–H groups in total. The third-order valence-corrected chi connectivity index (χ3v) is 3.58. The summed E-state index contributed by atoms with van der Waals surface area (Å²) in [7, 11) is 0. The minimum absolute atomic E-state index is 0.0373. The normalized spacial score (nSPS) is 10.3. The van der Waals surface area contributed by atoms with E-state index in [9.17, 15) is 9.59 Å². The van der Waals surface area contributed by atoms with Crippen molar-refractivity contribution >= 4 is 52.4 Å². The number of nitrogens with one attached hydrogen (secondary N) is 1. The standard InChI is InChI=1S/C16H12Cl3NO3/c1-9(21)20-12-4-2-10(3-5-12)6-15(22)23-16-13(18)7-11(17)8-14(16)19/h2-5,7-8H,6H2,1H3,(H,20,21). The first-order chi connectivity index (χ1) is 10.8. The van der Waals surface area contributed by atoms with E-state index >= 15 is 0 Å². The molecule has 1 amide bonds. The molecule has 4 nitrogen and oxygen atoms in total. The molecule has 0 aliphatic heterocycles. The minimum atomic E-state index is -0.511. The topological polar surface area (TPSA) is 55.4 Å². The van der Waals surface area contributed by atoms with Crippen molar-refractivity contribution in [3.05, 3.63) is 57.0 Å². The Bertz CT molecular complexity index is 722. The first kappa shape index (κ1) is 17.6. The van der Waals surface area contributed by atoms with E-state index in [1.165, 1.54) is 19.1 Å². The van der Waals surface area contributed by atoms with Crippen LogP contribution in [-0.4, -0.2) is 11.9 Å². The lowest BCUT2D eigenvalue weighted by Gasteiger charge is -2.09. The van der Waals surface area contributed by atoms with Gasteiger partial charge in [-0.1, -0.05) is 46.9 Å². The molecule has 23 heavy (non-hydrogen) atoms. The molecule has 0 aromatic heterocycles. The number of carbonyl (C=O) groups excluding carboxylic acids is 2. The van der Waals surface area contributed by atoms with E-state index in [1.807, 2.05) is 0 Å². The average molecular weight is 373 g/mol. The molecule has 0 fully saturated rings. The van der Waals surface area contributed by atoms with Gasteiger partial charge in [0.2, 0.25) is 5.91 Å². The minimum Gasteiger partial charge on any atom is -0.423 e. The largest absolute Gasteiger partial charge is 0.423 e. The SMILES string of the molecule is CC(=O)Nc1ccc(CC(=O)Oc2c(Cl)cc(Cl)cc2Cl)cc1. The molecule has 0 radical (unpaired) electrons. The average Bonchev–Trinajstić information content (AvgIpc) is 2.44. The van der Waals surface area contributed by atoms with E-state index < -0.39 is 5.97 Å². The number of amides is 1. The first-order valence-corrected chi connectivity index (χ1v) is 7.70. The van der Waals surface area contributed by atoms with Gasteiger partial charge in [-0.2, -0.15) is 0 Å². The number of halogens is 3. The number of esters is 1. The second-order valence-corrected chi connectivity index (χ2v) is 5.98. The van der Waals surface area contributed by atoms with E-state index in [1.54, 1.807) is 24.3 Å².